The van der Waals surface area contributed by atoms with Gasteiger partial charge in [0.05, 0.1) is 11.5 Å². The monoisotopic (exact) mass is 288 g/mol. The molecule has 0 saturated carbocycles. The van der Waals surface area contributed by atoms with Crippen LogP contribution in [0.25, 0.3) is 0 Å². The van der Waals surface area contributed by atoms with Crippen LogP contribution in [-0.4, -0.2) is 55.9 Å². The van der Waals surface area contributed by atoms with Crippen molar-refractivity contribution < 1.29 is 13.2 Å². The largest absolute Gasteiger partial charge is 0.339 e. The van der Waals surface area contributed by atoms with Gasteiger partial charge in [0.1, 0.15) is 0 Å². The third kappa shape index (κ3) is 3.92. The Balaban J connectivity index is 1.96. The van der Waals surface area contributed by atoms with Crippen LogP contribution >= 0.6 is 0 Å². The molecule has 0 aromatic rings. The highest BCUT2D eigenvalue weighted by molar-refractivity contribution is 7.91. The molecule has 0 aromatic heterocycles. The van der Waals surface area contributed by atoms with Crippen LogP contribution in [0.3, 0.4) is 0 Å². The first-order valence-electron chi connectivity index (χ1n) is 7.25. The number of hydrogen-bond donors (Lipinski definition) is 1. The summed E-state index contributed by atoms with van der Waals surface area (Å²) in [6.45, 7) is 3.69. The van der Waals surface area contributed by atoms with Crippen molar-refractivity contribution in [3.8, 4) is 0 Å². The van der Waals surface area contributed by atoms with Crippen LogP contribution in [0.2, 0.25) is 0 Å². The summed E-state index contributed by atoms with van der Waals surface area (Å²) in [6, 6.07) is 0.184. The summed E-state index contributed by atoms with van der Waals surface area (Å²) < 4.78 is 23.1. The van der Waals surface area contributed by atoms with E-state index < -0.39 is 9.84 Å². The number of carbonyl (C=O) groups is 1. The van der Waals surface area contributed by atoms with Gasteiger partial charge in [-0.15, -0.1) is 0 Å². The fourth-order valence-corrected chi connectivity index (χ4v) is 4.76. The van der Waals surface area contributed by atoms with E-state index in [4.69, 9.17) is 0 Å². The van der Waals surface area contributed by atoms with Crippen molar-refractivity contribution in [3.05, 3.63) is 0 Å². The van der Waals surface area contributed by atoms with E-state index in [1.54, 1.807) is 0 Å². The van der Waals surface area contributed by atoms with Gasteiger partial charge >= 0.3 is 0 Å². The van der Waals surface area contributed by atoms with Crippen LogP contribution < -0.4 is 5.32 Å². The number of hydrogen-bond acceptors (Lipinski definition) is 4. The fourth-order valence-electron chi connectivity index (χ4n) is 3.03. The van der Waals surface area contributed by atoms with Gasteiger partial charge < -0.3 is 10.2 Å². The molecule has 2 rings (SSSR count). The molecule has 2 heterocycles. The summed E-state index contributed by atoms with van der Waals surface area (Å²) in [4.78, 5) is 14.2. The zero-order valence-electron chi connectivity index (χ0n) is 11.6. The SMILES string of the molecule is CCCN(C(=O)CC1CCCN1)C1CCS(=O)(=O)C1. The molecule has 5 nitrogen and oxygen atoms in total. The molecule has 2 fully saturated rings. The van der Waals surface area contributed by atoms with Crippen LogP contribution in [0.15, 0.2) is 0 Å². The molecular weight excluding hydrogens is 264 g/mol. The lowest BCUT2D eigenvalue weighted by Crippen LogP contribution is -2.43. The highest BCUT2D eigenvalue weighted by Gasteiger charge is 2.34. The minimum Gasteiger partial charge on any atom is -0.339 e. The topological polar surface area (TPSA) is 66.5 Å². The van der Waals surface area contributed by atoms with E-state index in [0.717, 1.165) is 25.8 Å². The predicted octanol–water partition coefficient (Wildman–Crippen LogP) is 0.554. The van der Waals surface area contributed by atoms with Crippen molar-refractivity contribution in [1.82, 2.24) is 10.2 Å². The third-order valence-corrected chi connectivity index (χ3v) is 5.77. The highest BCUT2D eigenvalue weighted by atomic mass is 32.2. The summed E-state index contributed by atoms with van der Waals surface area (Å²) in [5, 5.41) is 3.33. The van der Waals surface area contributed by atoms with Gasteiger partial charge in [-0.05, 0) is 32.2 Å². The standard InChI is InChI=1S/C13H24N2O3S/c1-2-7-15(12-5-8-19(17,18)10-12)13(16)9-11-4-3-6-14-11/h11-12,14H,2-10H2,1H3. The fraction of sp³-hybridized carbons (Fsp3) is 0.923. The first-order valence-corrected chi connectivity index (χ1v) is 9.07. The zero-order valence-corrected chi connectivity index (χ0v) is 12.4. The Morgan fingerprint density at radius 2 is 2.16 bits per heavy atom. The maximum Gasteiger partial charge on any atom is 0.224 e. The van der Waals surface area contributed by atoms with E-state index in [9.17, 15) is 13.2 Å². The Labute approximate surface area is 115 Å². The van der Waals surface area contributed by atoms with Crippen molar-refractivity contribution in [2.45, 2.75) is 51.1 Å². The Kier molecular flexibility index (Phi) is 4.84. The maximum atomic E-state index is 12.4. The average molecular weight is 288 g/mol. The van der Waals surface area contributed by atoms with Gasteiger partial charge in [0.15, 0.2) is 9.84 Å². The molecule has 2 unspecified atom stereocenters. The molecule has 19 heavy (non-hydrogen) atoms. The van der Waals surface area contributed by atoms with Crippen LogP contribution in [0.4, 0.5) is 0 Å². The first-order chi connectivity index (χ1) is 9.02. The molecule has 1 amide bonds. The molecule has 110 valence electrons. The molecule has 0 radical (unpaired) electrons. The number of nitrogens with one attached hydrogen (secondary N) is 1. The molecule has 0 bridgehead atoms. The maximum absolute atomic E-state index is 12.4. The molecule has 2 atom stereocenters. The number of rotatable bonds is 5. The van der Waals surface area contributed by atoms with Gasteiger partial charge in [-0.1, -0.05) is 6.92 Å². The summed E-state index contributed by atoms with van der Waals surface area (Å²) in [7, 11) is -2.93. The molecule has 2 aliphatic heterocycles. The van der Waals surface area contributed by atoms with Gasteiger partial charge in [0, 0.05) is 25.0 Å². The lowest BCUT2D eigenvalue weighted by atomic mass is 10.1. The van der Waals surface area contributed by atoms with Crippen molar-refractivity contribution in [2.75, 3.05) is 24.6 Å². The normalized spacial score (nSPS) is 29.5. The molecule has 6 heteroatoms. The van der Waals surface area contributed by atoms with Crippen LogP contribution in [0, 0.1) is 0 Å². The second-order valence-corrected chi connectivity index (χ2v) is 7.87. The molecule has 0 spiro atoms. The lowest BCUT2D eigenvalue weighted by Gasteiger charge is -2.29. The van der Waals surface area contributed by atoms with E-state index >= 15 is 0 Å². The third-order valence-electron chi connectivity index (χ3n) is 4.02. The number of carbonyl (C=O) groups excluding carboxylic acids is 1. The molecule has 2 aliphatic rings. The summed E-state index contributed by atoms with van der Waals surface area (Å²) in [5.41, 5.74) is 0. The van der Waals surface area contributed by atoms with Gasteiger partial charge in [0.2, 0.25) is 5.91 Å². The first kappa shape index (κ1) is 14.8. The average Bonchev–Trinajstić information content (AvgIpc) is 2.95. The van der Waals surface area contributed by atoms with Crippen molar-refractivity contribution >= 4 is 15.7 Å². The lowest BCUT2D eigenvalue weighted by molar-refractivity contribution is -0.133. The summed E-state index contributed by atoms with van der Waals surface area (Å²) >= 11 is 0. The highest BCUT2D eigenvalue weighted by Crippen LogP contribution is 2.20. The van der Waals surface area contributed by atoms with Crippen LogP contribution in [-0.2, 0) is 14.6 Å². The second-order valence-electron chi connectivity index (χ2n) is 5.64. The Bertz CT molecular complexity index is 416. The number of amides is 1. The van der Waals surface area contributed by atoms with Gasteiger partial charge in [-0.25, -0.2) is 8.42 Å². The molecule has 0 aliphatic carbocycles. The predicted molar refractivity (Wildman–Crippen MR) is 74.7 cm³/mol. The molecule has 2 saturated heterocycles. The van der Waals surface area contributed by atoms with E-state index in [1.807, 2.05) is 11.8 Å². The van der Waals surface area contributed by atoms with E-state index in [2.05, 4.69) is 5.32 Å². The van der Waals surface area contributed by atoms with Gasteiger partial charge in [-0.2, -0.15) is 0 Å². The zero-order chi connectivity index (χ0) is 13.9. The van der Waals surface area contributed by atoms with Gasteiger partial charge in [-0.3, -0.25) is 4.79 Å². The molecule has 1 N–H and O–H groups in total. The minimum absolute atomic E-state index is 0.0983. The number of sulfone groups is 1. The Morgan fingerprint density at radius 3 is 2.68 bits per heavy atom. The minimum atomic E-state index is -2.93. The summed E-state index contributed by atoms with van der Waals surface area (Å²) in [5.74, 6) is 0.493. The molecular formula is C13H24N2O3S. The smallest absolute Gasteiger partial charge is 0.224 e. The summed E-state index contributed by atoms with van der Waals surface area (Å²) in [6.07, 6.45) is 4.17. The van der Waals surface area contributed by atoms with E-state index in [0.29, 0.717) is 19.4 Å². The van der Waals surface area contributed by atoms with E-state index in [-0.39, 0.29) is 29.5 Å². The van der Waals surface area contributed by atoms with Crippen LogP contribution in [0.1, 0.15) is 39.0 Å². The van der Waals surface area contributed by atoms with Crippen molar-refractivity contribution in [2.24, 2.45) is 0 Å². The van der Waals surface area contributed by atoms with Crippen LogP contribution in [0.5, 0.6) is 0 Å². The van der Waals surface area contributed by atoms with Gasteiger partial charge in [0.25, 0.3) is 0 Å². The Morgan fingerprint density at radius 1 is 1.37 bits per heavy atom. The van der Waals surface area contributed by atoms with Crippen molar-refractivity contribution in [3.63, 3.8) is 0 Å². The quantitative estimate of drug-likeness (QED) is 0.802. The van der Waals surface area contributed by atoms with Crippen molar-refractivity contribution in [1.29, 1.82) is 0 Å². The Hall–Kier alpha value is -0.620. The van der Waals surface area contributed by atoms with E-state index in [1.165, 1.54) is 0 Å². The second kappa shape index (κ2) is 6.22. The number of nitrogens with zero attached hydrogens (tertiary/aromatic N) is 1. The molecule has 0 aromatic carbocycles.